The van der Waals surface area contributed by atoms with Crippen molar-refractivity contribution in [3.63, 3.8) is 0 Å². The van der Waals surface area contributed by atoms with Gasteiger partial charge >= 0.3 is 0 Å². The fraction of sp³-hybridized carbons (Fsp3) is 0.529. The molecule has 0 radical (unpaired) electrons. The molecule has 6 nitrogen and oxygen atoms in total. The molecule has 0 atom stereocenters. The third-order valence-corrected chi connectivity index (χ3v) is 4.30. The van der Waals surface area contributed by atoms with Crippen molar-refractivity contribution in [2.45, 2.75) is 19.8 Å². The van der Waals surface area contributed by atoms with Gasteiger partial charge in [-0.1, -0.05) is 17.7 Å². The normalized spacial score (nSPS) is 16.6. The third kappa shape index (κ3) is 4.53. The van der Waals surface area contributed by atoms with Crippen molar-refractivity contribution in [1.29, 1.82) is 0 Å². The first-order valence-corrected chi connectivity index (χ1v) is 7.98. The van der Waals surface area contributed by atoms with Gasteiger partial charge < -0.3 is 21.1 Å². The first-order valence-electron chi connectivity index (χ1n) is 7.98. The molecular formula is C17H25N3O3. The number of amides is 2. The average molecular weight is 319 g/mol. The van der Waals surface area contributed by atoms with E-state index in [0.29, 0.717) is 51.3 Å². The molecule has 4 N–H and O–H groups in total. The number of carbonyl (C=O) groups is 2. The minimum absolute atomic E-state index is 0.0481. The molecule has 126 valence electrons. The van der Waals surface area contributed by atoms with Crippen LogP contribution >= 0.6 is 0 Å². The molecule has 1 aliphatic heterocycles. The minimum atomic E-state index is -0.529. The van der Waals surface area contributed by atoms with Crippen LogP contribution in [0.25, 0.3) is 0 Å². The van der Waals surface area contributed by atoms with Crippen LogP contribution in [0.4, 0.5) is 0 Å². The highest BCUT2D eigenvalue weighted by atomic mass is 16.5. The predicted octanol–water partition coefficient (Wildman–Crippen LogP) is 0.597. The second-order valence-corrected chi connectivity index (χ2v) is 5.98. The maximum Gasteiger partial charge on any atom is 0.251 e. The van der Waals surface area contributed by atoms with Crippen molar-refractivity contribution in [1.82, 2.24) is 10.6 Å². The van der Waals surface area contributed by atoms with E-state index in [4.69, 9.17) is 10.5 Å². The van der Waals surface area contributed by atoms with E-state index in [0.717, 1.165) is 5.56 Å². The largest absolute Gasteiger partial charge is 0.381 e. The van der Waals surface area contributed by atoms with Gasteiger partial charge in [0.15, 0.2) is 0 Å². The van der Waals surface area contributed by atoms with Crippen LogP contribution in [-0.4, -0.2) is 44.7 Å². The quantitative estimate of drug-likeness (QED) is 0.669. The molecule has 1 heterocycles. The van der Waals surface area contributed by atoms with E-state index in [-0.39, 0.29) is 11.8 Å². The van der Waals surface area contributed by atoms with Crippen molar-refractivity contribution in [2.75, 3.05) is 32.8 Å². The summed E-state index contributed by atoms with van der Waals surface area (Å²) >= 11 is 0. The van der Waals surface area contributed by atoms with Gasteiger partial charge in [0.2, 0.25) is 5.91 Å². The fourth-order valence-electron chi connectivity index (χ4n) is 2.71. The molecule has 0 spiro atoms. The second-order valence-electron chi connectivity index (χ2n) is 5.98. The Bertz CT molecular complexity index is 554. The number of rotatable bonds is 6. The lowest BCUT2D eigenvalue weighted by Crippen LogP contribution is -2.50. The van der Waals surface area contributed by atoms with Gasteiger partial charge in [0, 0.05) is 38.4 Å². The van der Waals surface area contributed by atoms with Crippen LogP contribution in [-0.2, 0) is 9.53 Å². The van der Waals surface area contributed by atoms with Crippen molar-refractivity contribution >= 4 is 11.8 Å². The summed E-state index contributed by atoms with van der Waals surface area (Å²) in [5, 5.41) is 5.68. The van der Waals surface area contributed by atoms with E-state index in [1.165, 1.54) is 0 Å². The molecule has 0 saturated carbocycles. The number of ether oxygens (including phenoxy) is 1. The summed E-state index contributed by atoms with van der Waals surface area (Å²) in [6, 6.07) is 7.39. The summed E-state index contributed by atoms with van der Waals surface area (Å²) in [5.74, 6) is -0.185. The highest BCUT2D eigenvalue weighted by Crippen LogP contribution is 2.29. The van der Waals surface area contributed by atoms with Gasteiger partial charge in [-0.3, -0.25) is 9.59 Å². The Kier molecular flexibility index (Phi) is 6.12. The van der Waals surface area contributed by atoms with Gasteiger partial charge in [-0.2, -0.15) is 0 Å². The second kappa shape index (κ2) is 8.08. The highest BCUT2D eigenvalue weighted by molar-refractivity contribution is 5.94. The van der Waals surface area contributed by atoms with E-state index < -0.39 is 5.41 Å². The first-order chi connectivity index (χ1) is 11.1. The van der Waals surface area contributed by atoms with Crippen LogP contribution in [0.2, 0.25) is 0 Å². The number of benzene rings is 1. The lowest BCUT2D eigenvalue weighted by molar-refractivity contribution is -0.135. The monoisotopic (exact) mass is 319 g/mol. The topological polar surface area (TPSA) is 93.5 Å². The van der Waals surface area contributed by atoms with Crippen LogP contribution in [0.3, 0.4) is 0 Å². The number of hydrogen-bond acceptors (Lipinski definition) is 4. The molecule has 1 aromatic carbocycles. The van der Waals surface area contributed by atoms with Crippen LogP contribution in [0.1, 0.15) is 28.8 Å². The van der Waals surface area contributed by atoms with Crippen LogP contribution in [0.15, 0.2) is 24.3 Å². The number of aryl methyl sites for hydroxylation is 1. The van der Waals surface area contributed by atoms with E-state index in [1.54, 1.807) is 6.07 Å². The Balaban J connectivity index is 1.76. The molecule has 0 unspecified atom stereocenters. The molecule has 1 fully saturated rings. The molecule has 23 heavy (non-hydrogen) atoms. The highest BCUT2D eigenvalue weighted by Gasteiger charge is 2.38. The zero-order valence-electron chi connectivity index (χ0n) is 13.6. The van der Waals surface area contributed by atoms with Gasteiger partial charge in [0.25, 0.3) is 5.91 Å². The summed E-state index contributed by atoms with van der Waals surface area (Å²) in [5.41, 5.74) is 6.93. The molecule has 0 bridgehead atoms. The molecule has 2 rings (SSSR count). The fourth-order valence-corrected chi connectivity index (χ4v) is 2.71. The first kappa shape index (κ1) is 17.4. The SMILES string of the molecule is Cc1cccc(C(=O)NCCNC(=O)C2(CN)CCOCC2)c1. The van der Waals surface area contributed by atoms with Gasteiger partial charge in [0.05, 0.1) is 5.41 Å². The maximum atomic E-state index is 12.4. The predicted molar refractivity (Wildman–Crippen MR) is 88.1 cm³/mol. The summed E-state index contributed by atoms with van der Waals surface area (Å²) in [6.45, 7) is 4.16. The summed E-state index contributed by atoms with van der Waals surface area (Å²) in [7, 11) is 0. The molecule has 2 amide bonds. The maximum absolute atomic E-state index is 12.4. The molecule has 0 aromatic heterocycles. The Labute approximate surface area is 136 Å². The summed E-state index contributed by atoms with van der Waals surface area (Å²) < 4.78 is 5.30. The van der Waals surface area contributed by atoms with Gasteiger partial charge in [-0.25, -0.2) is 0 Å². The Morgan fingerprint density at radius 1 is 1.22 bits per heavy atom. The van der Waals surface area contributed by atoms with E-state index in [2.05, 4.69) is 10.6 Å². The van der Waals surface area contributed by atoms with E-state index >= 15 is 0 Å². The molecule has 1 aromatic rings. The minimum Gasteiger partial charge on any atom is -0.381 e. The Morgan fingerprint density at radius 3 is 2.57 bits per heavy atom. The smallest absolute Gasteiger partial charge is 0.251 e. The Morgan fingerprint density at radius 2 is 1.91 bits per heavy atom. The summed E-state index contributed by atoms with van der Waals surface area (Å²) in [6.07, 6.45) is 1.29. The zero-order valence-corrected chi connectivity index (χ0v) is 13.6. The number of hydrogen-bond donors (Lipinski definition) is 3. The molecular weight excluding hydrogens is 294 g/mol. The van der Waals surface area contributed by atoms with E-state index in [1.807, 2.05) is 25.1 Å². The van der Waals surface area contributed by atoms with Crippen molar-refractivity contribution in [2.24, 2.45) is 11.1 Å². The molecule has 1 aliphatic rings. The number of nitrogens with two attached hydrogens (primary N) is 1. The summed E-state index contributed by atoms with van der Waals surface area (Å²) in [4.78, 5) is 24.4. The lowest BCUT2D eigenvalue weighted by atomic mass is 9.79. The van der Waals surface area contributed by atoms with E-state index in [9.17, 15) is 9.59 Å². The van der Waals surface area contributed by atoms with Gasteiger partial charge in [0.1, 0.15) is 0 Å². The lowest BCUT2D eigenvalue weighted by Gasteiger charge is -2.34. The van der Waals surface area contributed by atoms with Crippen LogP contribution < -0.4 is 16.4 Å². The van der Waals surface area contributed by atoms with Gasteiger partial charge in [-0.15, -0.1) is 0 Å². The van der Waals surface area contributed by atoms with Crippen LogP contribution in [0.5, 0.6) is 0 Å². The average Bonchev–Trinajstić information content (AvgIpc) is 2.58. The van der Waals surface area contributed by atoms with Crippen LogP contribution in [0, 0.1) is 12.3 Å². The number of carbonyl (C=O) groups excluding carboxylic acids is 2. The van der Waals surface area contributed by atoms with Crippen molar-refractivity contribution in [3.8, 4) is 0 Å². The van der Waals surface area contributed by atoms with Gasteiger partial charge in [-0.05, 0) is 31.9 Å². The molecule has 1 saturated heterocycles. The zero-order chi connectivity index (χ0) is 16.7. The standard InChI is InChI=1S/C17H25N3O3/c1-13-3-2-4-14(11-13)15(21)19-7-8-20-16(22)17(12-18)5-9-23-10-6-17/h2-4,11H,5-10,12,18H2,1H3,(H,19,21)(H,20,22). The van der Waals surface area contributed by atoms with Crippen molar-refractivity contribution < 1.29 is 14.3 Å². The molecule has 6 heteroatoms. The Hall–Kier alpha value is -1.92. The van der Waals surface area contributed by atoms with Crippen molar-refractivity contribution in [3.05, 3.63) is 35.4 Å². The number of nitrogens with one attached hydrogen (secondary N) is 2. The third-order valence-electron chi connectivity index (χ3n) is 4.30. The molecule has 0 aliphatic carbocycles.